The first-order valence-corrected chi connectivity index (χ1v) is 14.9. The molecule has 4 aromatic rings. The maximum absolute atomic E-state index is 13.5. The number of nitrogens with zero attached hydrogens (tertiary/aromatic N) is 2. The highest BCUT2D eigenvalue weighted by Crippen LogP contribution is 2.33. The molecule has 0 amide bonds. The third-order valence-corrected chi connectivity index (χ3v) is 7.52. The number of hydrogen-bond donors (Lipinski definition) is 1. The van der Waals surface area contributed by atoms with Crippen molar-refractivity contribution in [2.45, 2.75) is 19.7 Å². The Kier molecular flexibility index (Phi) is 10.1. The van der Waals surface area contributed by atoms with Gasteiger partial charge < -0.3 is 9.84 Å². The van der Waals surface area contributed by atoms with Crippen molar-refractivity contribution in [2.75, 3.05) is 30.3 Å². The van der Waals surface area contributed by atoms with Crippen molar-refractivity contribution in [2.24, 2.45) is 0 Å². The summed E-state index contributed by atoms with van der Waals surface area (Å²) in [6.45, 7) is 1.14. The second-order valence-electron chi connectivity index (χ2n) is 9.56. The average molecular weight is 559 g/mol. The summed E-state index contributed by atoms with van der Waals surface area (Å²) in [6, 6.07) is 33.5. The lowest BCUT2D eigenvalue weighted by Crippen LogP contribution is -2.32. The van der Waals surface area contributed by atoms with Crippen LogP contribution < -0.4 is 9.04 Å². The molecule has 0 aromatic heterocycles. The number of benzene rings is 4. The molecule has 0 fully saturated rings. The first kappa shape index (κ1) is 29.0. The molecular weight excluding hydrogens is 524 g/mol. The van der Waals surface area contributed by atoms with Crippen LogP contribution in [0, 0.1) is 0 Å². The Morgan fingerprint density at radius 2 is 1.32 bits per heavy atom. The summed E-state index contributed by atoms with van der Waals surface area (Å²) in [5.41, 5.74) is 3.42. The van der Waals surface area contributed by atoms with Gasteiger partial charge in [0.2, 0.25) is 10.0 Å². The number of aliphatic hydroxyl groups excluding tert-OH is 1. The summed E-state index contributed by atoms with van der Waals surface area (Å²) in [5.74, 6) is 0.173. The van der Waals surface area contributed by atoms with Crippen LogP contribution in [0.4, 0.5) is 5.69 Å². The molecule has 40 heavy (non-hydrogen) atoms. The molecule has 208 valence electrons. The molecule has 4 aromatic carbocycles. The molecule has 4 rings (SSSR count). The first-order valence-electron chi connectivity index (χ1n) is 13.1. The monoisotopic (exact) mass is 558 g/mol. The summed E-state index contributed by atoms with van der Waals surface area (Å²) < 4.78 is 33.5. The molecule has 0 bridgehead atoms. The quantitative estimate of drug-likeness (QED) is 0.221. The van der Waals surface area contributed by atoms with Crippen molar-refractivity contribution in [3.8, 4) is 5.75 Å². The highest BCUT2D eigenvalue weighted by Gasteiger charge is 2.24. The largest absolute Gasteiger partial charge is 0.487 e. The SMILES string of the molecule is CS(=O)(=O)N(Cc1ccccc1)c1cc(C(=O)CN(CCO)Cc2ccccc2)ccc1OCc1ccccc1. The van der Waals surface area contributed by atoms with Gasteiger partial charge in [-0.2, -0.15) is 0 Å². The summed E-state index contributed by atoms with van der Waals surface area (Å²) >= 11 is 0. The van der Waals surface area contributed by atoms with E-state index in [-0.39, 0.29) is 32.1 Å². The van der Waals surface area contributed by atoms with Crippen LogP contribution in [0.5, 0.6) is 5.75 Å². The van der Waals surface area contributed by atoms with Crippen LogP contribution in [0.1, 0.15) is 27.0 Å². The van der Waals surface area contributed by atoms with Gasteiger partial charge in [-0.3, -0.25) is 14.0 Å². The number of carbonyl (C=O) groups excluding carboxylic acids is 1. The maximum atomic E-state index is 13.5. The zero-order valence-electron chi connectivity index (χ0n) is 22.5. The van der Waals surface area contributed by atoms with Crippen molar-refractivity contribution in [3.05, 3.63) is 131 Å². The molecule has 0 heterocycles. The summed E-state index contributed by atoms with van der Waals surface area (Å²) in [7, 11) is -3.74. The Balaban J connectivity index is 1.66. The standard InChI is InChI=1S/C32H34N2O5S/c1-40(37,38)34(23-27-13-7-3-8-14-27)30-21-29(17-18-32(30)39-25-28-15-9-4-10-16-28)31(36)24-33(19-20-35)22-26-11-5-2-6-12-26/h2-18,21,35H,19-20,22-25H2,1H3. The zero-order chi connectivity index (χ0) is 28.4. The lowest BCUT2D eigenvalue weighted by Gasteiger charge is -2.26. The van der Waals surface area contributed by atoms with Crippen LogP contribution >= 0.6 is 0 Å². The van der Waals surface area contributed by atoms with E-state index in [1.807, 2.05) is 95.9 Å². The molecule has 0 spiro atoms. The minimum Gasteiger partial charge on any atom is -0.487 e. The van der Waals surface area contributed by atoms with Crippen LogP contribution in [-0.2, 0) is 29.7 Å². The summed E-state index contributed by atoms with van der Waals surface area (Å²) in [5, 5.41) is 9.59. The van der Waals surface area contributed by atoms with Crippen LogP contribution in [0.3, 0.4) is 0 Å². The Morgan fingerprint density at radius 3 is 1.88 bits per heavy atom. The van der Waals surface area contributed by atoms with Crippen molar-refractivity contribution in [1.29, 1.82) is 0 Å². The van der Waals surface area contributed by atoms with Gasteiger partial charge in [0.15, 0.2) is 5.78 Å². The van der Waals surface area contributed by atoms with Gasteiger partial charge >= 0.3 is 0 Å². The molecule has 0 radical (unpaired) electrons. The lowest BCUT2D eigenvalue weighted by molar-refractivity contribution is 0.0908. The van der Waals surface area contributed by atoms with E-state index >= 15 is 0 Å². The van der Waals surface area contributed by atoms with Gasteiger partial charge in [-0.25, -0.2) is 8.42 Å². The van der Waals surface area contributed by atoms with E-state index in [0.717, 1.165) is 22.9 Å². The van der Waals surface area contributed by atoms with E-state index in [9.17, 15) is 18.3 Å². The van der Waals surface area contributed by atoms with Gasteiger partial charge in [0, 0.05) is 18.7 Å². The minimum absolute atomic E-state index is 0.0661. The molecule has 7 nitrogen and oxygen atoms in total. The topological polar surface area (TPSA) is 87.2 Å². The number of hydrogen-bond acceptors (Lipinski definition) is 6. The Labute approximate surface area is 236 Å². The van der Waals surface area contributed by atoms with Crippen molar-refractivity contribution in [3.63, 3.8) is 0 Å². The molecule has 0 unspecified atom stereocenters. The Morgan fingerprint density at radius 1 is 0.775 bits per heavy atom. The molecule has 0 aliphatic rings. The number of aliphatic hydroxyl groups is 1. The fourth-order valence-electron chi connectivity index (χ4n) is 4.36. The fraction of sp³-hybridized carbons (Fsp3) is 0.219. The van der Waals surface area contributed by atoms with Gasteiger partial charge in [-0.05, 0) is 34.9 Å². The molecule has 0 aliphatic carbocycles. The zero-order valence-corrected chi connectivity index (χ0v) is 23.3. The lowest BCUT2D eigenvalue weighted by atomic mass is 10.1. The summed E-state index contributed by atoms with van der Waals surface area (Å²) in [6.07, 6.45) is 1.15. The van der Waals surface area contributed by atoms with Crippen LogP contribution in [-0.4, -0.2) is 50.2 Å². The molecule has 0 saturated heterocycles. The number of rotatable bonds is 14. The smallest absolute Gasteiger partial charge is 0.232 e. The van der Waals surface area contributed by atoms with E-state index in [1.165, 1.54) is 4.31 Å². The molecule has 8 heteroatoms. The van der Waals surface area contributed by atoms with E-state index in [1.54, 1.807) is 18.2 Å². The predicted molar refractivity (Wildman–Crippen MR) is 158 cm³/mol. The van der Waals surface area contributed by atoms with Gasteiger partial charge in [0.1, 0.15) is 12.4 Å². The van der Waals surface area contributed by atoms with E-state index < -0.39 is 10.0 Å². The number of anilines is 1. The number of ketones is 1. The average Bonchev–Trinajstić information content (AvgIpc) is 2.96. The molecule has 0 atom stereocenters. The number of Topliss-reactive ketones (excluding diaryl/α,β-unsaturated/α-hetero) is 1. The maximum Gasteiger partial charge on any atom is 0.232 e. The highest BCUT2D eigenvalue weighted by atomic mass is 32.2. The second kappa shape index (κ2) is 13.9. The Bertz CT molecular complexity index is 1480. The third kappa shape index (κ3) is 8.26. The van der Waals surface area contributed by atoms with Crippen molar-refractivity contribution in [1.82, 2.24) is 4.90 Å². The third-order valence-electron chi connectivity index (χ3n) is 6.39. The summed E-state index contributed by atoms with van der Waals surface area (Å²) in [4.78, 5) is 15.3. The van der Waals surface area contributed by atoms with Crippen LogP contribution in [0.25, 0.3) is 0 Å². The minimum atomic E-state index is -3.74. The number of carbonyl (C=O) groups is 1. The fourth-order valence-corrected chi connectivity index (χ4v) is 5.25. The van der Waals surface area contributed by atoms with Gasteiger partial charge in [-0.1, -0.05) is 91.0 Å². The normalized spacial score (nSPS) is 11.4. The highest BCUT2D eigenvalue weighted by molar-refractivity contribution is 7.92. The first-order chi connectivity index (χ1) is 19.3. The Hall–Kier alpha value is -3.98. The predicted octanol–water partition coefficient (Wildman–Crippen LogP) is 4.91. The van der Waals surface area contributed by atoms with Gasteiger partial charge in [0.05, 0.1) is 31.6 Å². The number of ether oxygens (including phenoxy) is 1. The second-order valence-corrected chi connectivity index (χ2v) is 11.5. The molecule has 0 saturated carbocycles. The van der Waals surface area contributed by atoms with E-state index in [4.69, 9.17) is 4.74 Å². The number of sulfonamides is 1. The van der Waals surface area contributed by atoms with Crippen LogP contribution in [0.15, 0.2) is 109 Å². The van der Waals surface area contributed by atoms with Crippen molar-refractivity contribution < 1.29 is 23.1 Å². The van der Waals surface area contributed by atoms with Gasteiger partial charge in [-0.15, -0.1) is 0 Å². The molecular formula is C32H34N2O5S. The van der Waals surface area contributed by atoms with E-state index in [2.05, 4.69) is 0 Å². The molecule has 1 N–H and O–H groups in total. The van der Waals surface area contributed by atoms with Crippen LogP contribution in [0.2, 0.25) is 0 Å². The molecule has 0 aliphatic heterocycles. The van der Waals surface area contributed by atoms with Crippen molar-refractivity contribution >= 4 is 21.5 Å². The van der Waals surface area contributed by atoms with E-state index in [0.29, 0.717) is 30.1 Å². The van der Waals surface area contributed by atoms with Gasteiger partial charge in [0.25, 0.3) is 0 Å².